The highest BCUT2D eigenvalue weighted by Gasteiger charge is 2.48. The summed E-state index contributed by atoms with van der Waals surface area (Å²) >= 11 is 0. The van der Waals surface area contributed by atoms with Crippen LogP contribution in [-0.2, 0) is 4.79 Å². The van der Waals surface area contributed by atoms with Gasteiger partial charge in [0.05, 0.1) is 12.6 Å². The molecule has 1 saturated heterocycles. The average molecular weight is 335 g/mol. The lowest BCUT2D eigenvalue weighted by atomic mass is 9.84. The number of halogens is 2. The molecule has 2 atom stereocenters. The van der Waals surface area contributed by atoms with Crippen LogP contribution in [-0.4, -0.2) is 34.4 Å². The Labute approximate surface area is 139 Å². The van der Waals surface area contributed by atoms with Gasteiger partial charge >= 0.3 is 0 Å². The lowest BCUT2D eigenvalue weighted by molar-refractivity contribution is -0.146. The van der Waals surface area contributed by atoms with Crippen LogP contribution in [0.4, 0.5) is 8.78 Å². The van der Waals surface area contributed by atoms with Gasteiger partial charge in [-0.05, 0) is 6.92 Å². The zero-order valence-corrected chi connectivity index (χ0v) is 13.8. The Kier molecular flexibility index (Phi) is 3.74. The largest absolute Gasteiger partial charge is 0.487 e. The summed E-state index contributed by atoms with van der Waals surface area (Å²) < 4.78 is 32.7. The molecule has 0 radical (unpaired) electrons. The molecule has 3 rings (SSSR count). The summed E-state index contributed by atoms with van der Waals surface area (Å²) in [6.45, 7) is 4.25. The van der Waals surface area contributed by atoms with Gasteiger partial charge in [0.2, 0.25) is 11.8 Å². The Morgan fingerprint density at radius 3 is 2.79 bits per heavy atom. The molecule has 24 heavy (non-hydrogen) atoms. The number of ether oxygens (including phenoxy) is 1. The third-order valence-corrected chi connectivity index (χ3v) is 4.54. The Morgan fingerprint density at radius 1 is 1.46 bits per heavy atom. The van der Waals surface area contributed by atoms with E-state index in [1.54, 1.807) is 24.9 Å². The van der Waals surface area contributed by atoms with E-state index in [2.05, 4.69) is 4.98 Å². The number of alkyl halides is 2. The molecule has 0 unspecified atom stereocenters. The quantitative estimate of drug-likeness (QED) is 0.851. The summed E-state index contributed by atoms with van der Waals surface area (Å²) in [5, 5.41) is 9.18. The van der Waals surface area contributed by atoms with E-state index in [4.69, 9.17) is 4.74 Å². The Bertz CT molecular complexity index is 722. The fourth-order valence-corrected chi connectivity index (χ4v) is 3.72. The molecule has 2 aliphatic heterocycles. The molecule has 2 aliphatic rings. The maximum Gasteiger partial charge on any atom is 0.246 e. The second-order valence-corrected chi connectivity index (χ2v) is 7.30. The number of hydrogen-bond acceptors (Lipinski definition) is 4. The highest BCUT2D eigenvalue weighted by Crippen LogP contribution is 2.46. The smallest absolute Gasteiger partial charge is 0.246 e. The van der Waals surface area contributed by atoms with Crippen LogP contribution in [0.15, 0.2) is 12.4 Å². The fourth-order valence-electron chi connectivity index (χ4n) is 3.72. The van der Waals surface area contributed by atoms with Gasteiger partial charge in [0.15, 0.2) is 0 Å². The van der Waals surface area contributed by atoms with Crippen molar-refractivity contribution in [1.82, 2.24) is 9.88 Å². The number of aromatic nitrogens is 1. The highest BCUT2D eigenvalue weighted by atomic mass is 19.3. The predicted molar refractivity (Wildman–Crippen MR) is 81.5 cm³/mol. The summed E-state index contributed by atoms with van der Waals surface area (Å²) in [5.74, 6) is -2.78. The molecule has 2 bridgehead atoms. The van der Waals surface area contributed by atoms with Gasteiger partial charge in [0.1, 0.15) is 23.5 Å². The van der Waals surface area contributed by atoms with E-state index in [1.807, 2.05) is 6.07 Å². The Hall–Kier alpha value is -2.23. The van der Waals surface area contributed by atoms with Crippen LogP contribution in [0.2, 0.25) is 0 Å². The summed E-state index contributed by atoms with van der Waals surface area (Å²) in [6.07, 6.45) is 2.87. The van der Waals surface area contributed by atoms with Gasteiger partial charge < -0.3 is 9.64 Å². The molecule has 1 aromatic heterocycles. The van der Waals surface area contributed by atoms with Crippen molar-refractivity contribution < 1.29 is 18.3 Å². The number of nitriles is 1. The SMILES string of the molecule is CC(F)(F)CC(C)(C)C(=O)N1C[C@@H]2C[C@H]1c1cncc(C#N)c1O2. The molecule has 0 N–H and O–H groups in total. The predicted octanol–water partition coefficient (Wildman–Crippen LogP) is 3.06. The minimum absolute atomic E-state index is 0.223. The van der Waals surface area contributed by atoms with Gasteiger partial charge in [-0.2, -0.15) is 5.26 Å². The molecule has 7 heteroatoms. The van der Waals surface area contributed by atoms with E-state index in [0.29, 0.717) is 29.8 Å². The van der Waals surface area contributed by atoms with Crippen molar-refractivity contribution in [1.29, 1.82) is 5.26 Å². The summed E-state index contributed by atoms with van der Waals surface area (Å²) in [7, 11) is 0. The van der Waals surface area contributed by atoms with Crippen molar-refractivity contribution in [2.24, 2.45) is 5.41 Å². The minimum Gasteiger partial charge on any atom is -0.487 e. The van der Waals surface area contributed by atoms with Crippen LogP contribution in [0.25, 0.3) is 0 Å². The van der Waals surface area contributed by atoms with Crippen LogP contribution in [0.5, 0.6) is 5.75 Å². The number of rotatable bonds is 3. The van der Waals surface area contributed by atoms with Gasteiger partial charge in [-0.3, -0.25) is 9.78 Å². The van der Waals surface area contributed by atoms with E-state index in [1.165, 1.54) is 6.20 Å². The summed E-state index contributed by atoms with van der Waals surface area (Å²) in [5.41, 5.74) is -0.179. The van der Waals surface area contributed by atoms with Crippen LogP contribution in [0.1, 0.15) is 50.8 Å². The van der Waals surface area contributed by atoms with Gasteiger partial charge in [-0.25, -0.2) is 8.78 Å². The van der Waals surface area contributed by atoms with Crippen molar-refractivity contribution in [3.05, 3.63) is 23.5 Å². The first-order chi connectivity index (χ1) is 11.1. The molecule has 0 aliphatic carbocycles. The monoisotopic (exact) mass is 335 g/mol. The van der Waals surface area contributed by atoms with Crippen molar-refractivity contribution in [2.75, 3.05) is 6.54 Å². The maximum absolute atomic E-state index is 13.4. The van der Waals surface area contributed by atoms with Crippen LogP contribution >= 0.6 is 0 Å². The van der Waals surface area contributed by atoms with E-state index in [9.17, 15) is 18.8 Å². The van der Waals surface area contributed by atoms with Crippen molar-refractivity contribution in [3.63, 3.8) is 0 Å². The molecule has 128 valence electrons. The lowest BCUT2D eigenvalue weighted by Gasteiger charge is -2.34. The Morgan fingerprint density at radius 2 is 2.17 bits per heavy atom. The molecule has 5 nitrogen and oxygen atoms in total. The number of carbonyl (C=O) groups is 1. The standard InChI is InChI=1S/C17H19F2N3O2/c1-16(2,9-17(3,18)19)15(23)22-8-11-4-13(22)12-7-21-6-10(5-20)14(12)24-11/h6-7,11,13H,4,8-9H2,1-3H3/t11-,13-/m0/s1. The first-order valence-electron chi connectivity index (χ1n) is 7.86. The van der Waals surface area contributed by atoms with E-state index >= 15 is 0 Å². The Balaban J connectivity index is 1.92. The summed E-state index contributed by atoms with van der Waals surface area (Å²) in [6, 6.07) is 1.76. The third kappa shape index (κ3) is 2.81. The number of pyridine rings is 1. The van der Waals surface area contributed by atoms with Crippen LogP contribution in [0.3, 0.4) is 0 Å². The normalized spacial score (nSPS) is 22.6. The van der Waals surface area contributed by atoms with Crippen molar-refractivity contribution in [3.8, 4) is 11.8 Å². The number of fused-ring (bicyclic) bond motifs is 4. The van der Waals surface area contributed by atoms with E-state index in [0.717, 1.165) is 6.92 Å². The molecule has 1 fully saturated rings. The van der Waals surface area contributed by atoms with Crippen molar-refractivity contribution >= 4 is 5.91 Å². The molecular formula is C17H19F2N3O2. The minimum atomic E-state index is -2.92. The van der Waals surface area contributed by atoms with Crippen LogP contribution in [0, 0.1) is 16.7 Å². The van der Waals surface area contributed by atoms with E-state index < -0.39 is 17.8 Å². The zero-order valence-electron chi connectivity index (χ0n) is 13.8. The topological polar surface area (TPSA) is 66.2 Å². The van der Waals surface area contributed by atoms with Crippen LogP contribution < -0.4 is 4.74 Å². The zero-order chi connectivity index (χ0) is 17.7. The fraction of sp³-hybridized carbons (Fsp3) is 0.588. The van der Waals surface area contributed by atoms with Gasteiger partial charge in [-0.15, -0.1) is 0 Å². The molecule has 1 aromatic rings. The highest BCUT2D eigenvalue weighted by molar-refractivity contribution is 5.83. The van der Waals surface area contributed by atoms with Gasteiger partial charge in [-0.1, -0.05) is 13.8 Å². The third-order valence-electron chi connectivity index (χ3n) is 4.54. The number of nitrogens with zero attached hydrogens (tertiary/aromatic N) is 3. The average Bonchev–Trinajstić information content (AvgIpc) is 2.81. The first kappa shape index (κ1) is 16.6. The molecule has 0 spiro atoms. The number of likely N-dealkylation sites (tertiary alicyclic amines) is 1. The second-order valence-electron chi connectivity index (χ2n) is 7.30. The molecule has 0 saturated carbocycles. The second kappa shape index (κ2) is 5.40. The summed E-state index contributed by atoms with van der Waals surface area (Å²) in [4.78, 5) is 18.5. The maximum atomic E-state index is 13.4. The van der Waals surface area contributed by atoms with Gasteiger partial charge in [0, 0.05) is 36.2 Å². The van der Waals surface area contributed by atoms with E-state index in [-0.39, 0.29) is 18.1 Å². The molecule has 0 aromatic carbocycles. The van der Waals surface area contributed by atoms with Crippen molar-refractivity contribution in [2.45, 2.75) is 51.7 Å². The molecule has 1 amide bonds. The number of carbonyl (C=O) groups excluding carboxylic acids is 1. The lowest BCUT2D eigenvalue weighted by Crippen LogP contribution is -2.43. The molecule has 3 heterocycles. The number of amides is 1. The van der Waals surface area contributed by atoms with Gasteiger partial charge in [0.25, 0.3) is 0 Å². The number of hydrogen-bond donors (Lipinski definition) is 0. The molecular weight excluding hydrogens is 316 g/mol. The first-order valence-corrected chi connectivity index (χ1v) is 7.86.